The third-order valence-corrected chi connectivity index (χ3v) is 4.93. The van der Waals surface area contributed by atoms with Crippen molar-refractivity contribution in [3.8, 4) is 5.75 Å². The minimum Gasteiger partial charge on any atom is -0.490 e. The Bertz CT molecular complexity index is 787. The summed E-state index contributed by atoms with van der Waals surface area (Å²) in [6, 6.07) is 7.28. The molecule has 1 fully saturated rings. The fourth-order valence-electron chi connectivity index (χ4n) is 3.45. The molecule has 0 N–H and O–H groups in total. The zero-order valence-electron chi connectivity index (χ0n) is 14.3. The van der Waals surface area contributed by atoms with Gasteiger partial charge in [0, 0.05) is 5.56 Å². The predicted octanol–water partition coefficient (Wildman–Crippen LogP) is 6.02. The SMILES string of the molecule is CC(=O)c1ccc2c(C(F)(F)F)c(OC3CCC(C)CC3)ccc2c1. The van der Waals surface area contributed by atoms with E-state index in [-0.39, 0.29) is 23.0 Å². The zero-order chi connectivity index (χ0) is 18.2. The molecular formula is C20H21F3O2. The molecule has 0 aromatic heterocycles. The van der Waals surface area contributed by atoms with E-state index in [1.54, 1.807) is 6.07 Å². The fraction of sp³-hybridized carbons (Fsp3) is 0.450. The van der Waals surface area contributed by atoms with E-state index in [2.05, 4.69) is 6.92 Å². The van der Waals surface area contributed by atoms with Gasteiger partial charge in [-0.2, -0.15) is 13.2 Å². The number of fused-ring (bicyclic) bond motifs is 1. The minimum atomic E-state index is -4.52. The number of alkyl halides is 3. The molecule has 3 rings (SSSR count). The molecular weight excluding hydrogens is 329 g/mol. The number of benzene rings is 2. The molecule has 0 saturated heterocycles. The molecule has 0 spiro atoms. The molecule has 2 aromatic rings. The molecule has 1 saturated carbocycles. The van der Waals surface area contributed by atoms with E-state index in [0.29, 0.717) is 16.9 Å². The maximum atomic E-state index is 13.7. The lowest BCUT2D eigenvalue weighted by Gasteiger charge is -2.28. The van der Waals surface area contributed by atoms with Gasteiger partial charge in [-0.05, 0) is 61.4 Å². The lowest BCUT2D eigenvalue weighted by molar-refractivity contribution is -0.138. The molecule has 0 radical (unpaired) electrons. The monoisotopic (exact) mass is 350 g/mol. The van der Waals surface area contributed by atoms with Crippen molar-refractivity contribution in [1.29, 1.82) is 0 Å². The molecule has 0 bridgehead atoms. The summed E-state index contributed by atoms with van der Waals surface area (Å²) < 4.78 is 46.9. The molecule has 0 amide bonds. The van der Waals surface area contributed by atoms with Crippen molar-refractivity contribution in [1.82, 2.24) is 0 Å². The fourth-order valence-corrected chi connectivity index (χ4v) is 3.45. The number of ketones is 1. The van der Waals surface area contributed by atoms with E-state index >= 15 is 0 Å². The summed E-state index contributed by atoms with van der Waals surface area (Å²) in [4.78, 5) is 11.5. The third-order valence-electron chi connectivity index (χ3n) is 4.93. The van der Waals surface area contributed by atoms with Crippen molar-refractivity contribution >= 4 is 16.6 Å². The summed E-state index contributed by atoms with van der Waals surface area (Å²) >= 11 is 0. The van der Waals surface area contributed by atoms with Crippen molar-refractivity contribution < 1.29 is 22.7 Å². The number of hydrogen-bond acceptors (Lipinski definition) is 2. The first-order chi connectivity index (χ1) is 11.8. The predicted molar refractivity (Wildman–Crippen MR) is 91.0 cm³/mol. The van der Waals surface area contributed by atoms with Crippen LogP contribution in [0.25, 0.3) is 10.8 Å². The van der Waals surface area contributed by atoms with Crippen LogP contribution in [0.5, 0.6) is 5.75 Å². The molecule has 0 unspecified atom stereocenters. The second-order valence-corrected chi connectivity index (χ2v) is 6.93. The average Bonchev–Trinajstić information content (AvgIpc) is 2.55. The van der Waals surface area contributed by atoms with Crippen LogP contribution < -0.4 is 4.74 Å². The van der Waals surface area contributed by atoms with Gasteiger partial charge in [-0.25, -0.2) is 0 Å². The maximum Gasteiger partial charge on any atom is 0.420 e. The molecule has 134 valence electrons. The Morgan fingerprint density at radius 1 is 1.08 bits per heavy atom. The summed E-state index contributed by atoms with van der Waals surface area (Å²) in [5.41, 5.74) is -0.353. The van der Waals surface area contributed by atoms with Crippen LogP contribution in [-0.2, 0) is 6.18 Å². The van der Waals surface area contributed by atoms with E-state index in [9.17, 15) is 18.0 Å². The lowest BCUT2D eigenvalue weighted by Crippen LogP contribution is -2.24. The number of carbonyl (C=O) groups excluding carboxylic acids is 1. The van der Waals surface area contributed by atoms with Crippen molar-refractivity contribution in [2.24, 2.45) is 5.92 Å². The van der Waals surface area contributed by atoms with E-state index in [0.717, 1.165) is 25.7 Å². The second kappa shape index (κ2) is 6.70. The molecule has 5 heteroatoms. The summed E-state index contributed by atoms with van der Waals surface area (Å²) in [6.07, 6.45) is -1.19. The van der Waals surface area contributed by atoms with Crippen molar-refractivity contribution in [3.05, 3.63) is 41.5 Å². The molecule has 1 aliphatic rings. The molecule has 0 atom stereocenters. The quantitative estimate of drug-likeness (QED) is 0.633. The van der Waals surface area contributed by atoms with E-state index in [4.69, 9.17) is 4.74 Å². The largest absolute Gasteiger partial charge is 0.490 e. The molecule has 2 nitrogen and oxygen atoms in total. The molecule has 2 aromatic carbocycles. The van der Waals surface area contributed by atoms with Crippen LogP contribution in [0.1, 0.15) is 55.5 Å². The summed E-state index contributed by atoms with van der Waals surface area (Å²) in [7, 11) is 0. The normalized spacial score (nSPS) is 21.3. The van der Waals surface area contributed by atoms with Crippen LogP contribution in [0.4, 0.5) is 13.2 Å². The first-order valence-corrected chi connectivity index (χ1v) is 8.57. The van der Waals surface area contributed by atoms with Crippen LogP contribution in [0.15, 0.2) is 30.3 Å². The van der Waals surface area contributed by atoms with Gasteiger partial charge >= 0.3 is 6.18 Å². The number of hydrogen-bond donors (Lipinski definition) is 0. The summed E-state index contributed by atoms with van der Waals surface area (Å²) in [5.74, 6) is 0.311. The van der Waals surface area contributed by atoms with Gasteiger partial charge in [-0.3, -0.25) is 4.79 Å². The van der Waals surface area contributed by atoms with Gasteiger partial charge < -0.3 is 4.74 Å². The Morgan fingerprint density at radius 2 is 1.76 bits per heavy atom. The van der Waals surface area contributed by atoms with Crippen LogP contribution >= 0.6 is 0 Å². The van der Waals surface area contributed by atoms with Crippen LogP contribution in [0.3, 0.4) is 0 Å². The van der Waals surface area contributed by atoms with Crippen LogP contribution in [0, 0.1) is 5.92 Å². The van der Waals surface area contributed by atoms with Crippen LogP contribution in [0.2, 0.25) is 0 Å². The van der Waals surface area contributed by atoms with Gasteiger partial charge in [-0.15, -0.1) is 0 Å². The zero-order valence-corrected chi connectivity index (χ0v) is 14.3. The Balaban J connectivity index is 2.03. The third kappa shape index (κ3) is 3.80. The van der Waals surface area contributed by atoms with Crippen molar-refractivity contribution in [2.45, 2.75) is 51.8 Å². The highest BCUT2D eigenvalue weighted by Crippen LogP contribution is 2.42. The van der Waals surface area contributed by atoms with Crippen LogP contribution in [-0.4, -0.2) is 11.9 Å². The Kier molecular flexibility index (Phi) is 4.76. The summed E-state index contributed by atoms with van der Waals surface area (Å²) in [5, 5.41) is 0.462. The molecule has 1 aliphatic carbocycles. The highest BCUT2D eigenvalue weighted by atomic mass is 19.4. The average molecular weight is 350 g/mol. The minimum absolute atomic E-state index is 0.0687. The lowest BCUT2D eigenvalue weighted by atomic mass is 9.89. The second-order valence-electron chi connectivity index (χ2n) is 6.93. The first-order valence-electron chi connectivity index (χ1n) is 8.57. The van der Waals surface area contributed by atoms with E-state index in [1.807, 2.05) is 0 Å². The molecule has 0 aliphatic heterocycles. The highest BCUT2D eigenvalue weighted by Gasteiger charge is 2.37. The number of rotatable bonds is 3. The highest BCUT2D eigenvalue weighted by molar-refractivity contribution is 5.99. The van der Waals surface area contributed by atoms with Gasteiger partial charge in [0.25, 0.3) is 0 Å². The number of ether oxygens (including phenoxy) is 1. The Hall–Kier alpha value is -2.04. The topological polar surface area (TPSA) is 26.3 Å². The van der Waals surface area contributed by atoms with Crippen molar-refractivity contribution in [2.75, 3.05) is 0 Å². The summed E-state index contributed by atoms with van der Waals surface area (Å²) in [6.45, 7) is 3.55. The molecule has 0 heterocycles. The first kappa shape index (κ1) is 17.8. The number of carbonyl (C=O) groups is 1. The van der Waals surface area contributed by atoms with E-state index < -0.39 is 11.7 Å². The van der Waals surface area contributed by atoms with Gasteiger partial charge in [0.15, 0.2) is 5.78 Å². The number of Topliss-reactive ketones (excluding diaryl/α,β-unsaturated/α-hetero) is 1. The smallest absolute Gasteiger partial charge is 0.420 e. The Labute approximate surface area is 145 Å². The van der Waals surface area contributed by atoms with Gasteiger partial charge in [0.1, 0.15) is 11.3 Å². The molecule has 25 heavy (non-hydrogen) atoms. The van der Waals surface area contributed by atoms with E-state index in [1.165, 1.54) is 31.2 Å². The van der Waals surface area contributed by atoms with Gasteiger partial charge in [0.2, 0.25) is 0 Å². The number of halogens is 3. The van der Waals surface area contributed by atoms with Gasteiger partial charge in [-0.1, -0.05) is 25.1 Å². The standard InChI is InChI=1S/C20H21F3O2/c1-12-3-7-16(8-4-12)25-18-10-6-15-11-14(13(2)24)5-9-17(15)19(18)20(21,22)23/h5-6,9-12,16H,3-4,7-8H2,1-2H3. The van der Waals surface area contributed by atoms with Crippen molar-refractivity contribution in [3.63, 3.8) is 0 Å². The van der Waals surface area contributed by atoms with Gasteiger partial charge in [0.05, 0.1) is 6.10 Å². The Morgan fingerprint density at radius 3 is 2.36 bits per heavy atom. The maximum absolute atomic E-state index is 13.7.